The average molecular weight is 500 g/mol. The minimum Gasteiger partial charge on any atom is -0.369 e. The van der Waals surface area contributed by atoms with Crippen LogP contribution < -0.4 is 10.5 Å². The minimum absolute atomic E-state index is 0.0560. The monoisotopic (exact) mass is 499 g/mol. The first kappa shape index (κ1) is 26.7. The van der Waals surface area contributed by atoms with E-state index < -0.39 is 27.3 Å². The summed E-state index contributed by atoms with van der Waals surface area (Å²) in [6, 6.07) is 16.4. The van der Waals surface area contributed by atoms with E-state index in [1.807, 2.05) is 35.2 Å². The van der Waals surface area contributed by atoms with Crippen molar-refractivity contribution in [1.29, 1.82) is 0 Å². The van der Waals surface area contributed by atoms with Gasteiger partial charge >= 0.3 is 0 Å². The van der Waals surface area contributed by atoms with E-state index in [1.165, 1.54) is 19.3 Å². The molecule has 35 heavy (non-hydrogen) atoms. The largest absolute Gasteiger partial charge is 0.369 e. The van der Waals surface area contributed by atoms with Gasteiger partial charge in [0.25, 0.3) is 0 Å². The summed E-state index contributed by atoms with van der Waals surface area (Å²) in [5, 5.41) is 0. The summed E-state index contributed by atoms with van der Waals surface area (Å²) in [5.74, 6) is -1.10. The molecule has 2 atom stereocenters. The molecular formula is C27H37N3O4S. The molecule has 0 bridgehead atoms. The summed E-state index contributed by atoms with van der Waals surface area (Å²) in [5.41, 5.74) is 6.86. The third kappa shape index (κ3) is 7.07. The Hall–Kier alpha value is -2.87. The molecule has 0 radical (unpaired) electrons. The van der Waals surface area contributed by atoms with E-state index in [0.717, 1.165) is 31.1 Å². The van der Waals surface area contributed by atoms with E-state index in [2.05, 4.69) is 11.6 Å². The molecule has 0 spiro atoms. The van der Waals surface area contributed by atoms with Gasteiger partial charge < -0.3 is 10.6 Å². The number of primary amides is 1. The van der Waals surface area contributed by atoms with Crippen LogP contribution in [0.15, 0.2) is 54.6 Å². The molecule has 0 aromatic heterocycles. The predicted octanol–water partition coefficient (Wildman–Crippen LogP) is 4.19. The molecule has 1 aliphatic rings. The quantitative estimate of drug-likeness (QED) is 0.380. The molecule has 1 saturated carbocycles. The van der Waals surface area contributed by atoms with Crippen molar-refractivity contribution >= 4 is 27.5 Å². The molecule has 1 aliphatic carbocycles. The number of carbonyl (C=O) groups excluding carboxylic acids is 2. The number of anilines is 1. The van der Waals surface area contributed by atoms with E-state index in [9.17, 15) is 18.0 Å². The second kappa shape index (κ2) is 11.7. The number of rotatable bonds is 14. The van der Waals surface area contributed by atoms with Crippen molar-refractivity contribution < 1.29 is 18.0 Å². The van der Waals surface area contributed by atoms with Crippen molar-refractivity contribution in [3.05, 3.63) is 65.7 Å². The van der Waals surface area contributed by atoms with E-state index in [4.69, 9.17) is 5.73 Å². The number of sulfonamides is 1. The van der Waals surface area contributed by atoms with Crippen LogP contribution in [0.5, 0.6) is 0 Å². The number of nitrogens with zero attached hydrogens (tertiary/aromatic N) is 1. The van der Waals surface area contributed by atoms with Crippen molar-refractivity contribution in [3.63, 3.8) is 0 Å². The van der Waals surface area contributed by atoms with Gasteiger partial charge in [0.15, 0.2) is 0 Å². The number of amides is 2. The summed E-state index contributed by atoms with van der Waals surface area (Å²) in [6.45, 7) is 3.33. The number of hydrogen-bond donors (Lipinski definition) is 2. The van der Waals surface area contributed by atoms with Gasteiger partial charge in [0.1, 0.15) is 0 Å². The summed E-state index contributed by atoms with van der Waals surface area (Å²) in [7, 11) is -3.41. The SMILES string of the molecule is CCCCCCCCN(Cc1ccccc1)C(=O)C1CC1(C(N)=O)c1ccc(NS(C)(=O)=O)cc1. The molecule has 1 fully saturated rings. The Bertz CT molecular complexity index is 1100. The number of hydrogen-bond acceptors (Lipinski definition) is 4. The highest BCUT2D eigenvalue weighted by Crippen LogP contribution is 2.55. The zero-order valence-electron chi connectivity index (χ0n) is 20.7. The lowest BCUT2D eigenvalue weighted by molar-refractivity contribution is -0.135. The third-order valence-electron chi connectivity index (χ3n) is 6.71. The Labute approximate surface area is 209 Å². The number of nitrogens with one attached hydrogen (secondary N) is 1. The van der Waals surface area contributed by atoms with Crippen LogP contribution in [0.2, 0.25) is 0 Å². The average Bonchev–Trinajstić information content (AvgIpc) is 3.57. The van der Waals surface area contributed by atoms with Crippen LogP contribution in [0.25, 0.3) is 0 Å². The molecule has 7 nitrogen and oxygen atoms in total. The highest BCUT2D eigenvalue weighted by Gasteiger charge is 2.64. The third-order valence-corrected chi connectivity index (χ3v) is 7.32. The molecule has 190 valence electrons. The first-order valence-electron chi connectivity index (χ1n) is 12.4. The van der Waals surface area contributed by atoms with Gasteiger partial charge in [0.2, 0.25) is 21.8 Å². The number of carbonyl (C=O) groups is 2. The molecule has 8 heteroatoms. The number of nitrogens with two attached hydrogens (primary N) is 1. The van der Waals surface area contributed by atoms with Crippen LogP contribution in [-0.4, -0.2) is 37.9 Å². The molecule has 0 saturated heterocycles. The maximum absolute atomic E-state index is 13.7. The highest BCUT2D eigenvalue weighted by atomic mass is 32.2. The smallest absolute Gasteiger partial charge is 0.229 e. The fourth-order valence-corrected chi connectivity index (χ4v) is 5.28. The van der Waals surface area contributed by atoms with Crippen LogP contribution >= 0.6 is 0 Å². The second-order valence-electron chi connectivity index (χ2n) is 9.56. The summed E-state index contributed by atoms with van der Waals surface area (Å²) < 4.78 is 25.4. The van der Waals surface area contributed by atoms with Gasteiger partial charge in [-0.05, 0) is 36.1 Å². The first-order chi connectivity index (χ1) is 16.7. The Kier molecular flexibility index (Phi) is 8.94. The van der Waals surface area contributed by atoms with Gasteiger partial charge in [-0.1, -0.05) is 81.5 Å². The maximum Gasteiger partial charge on any atom is 0.229 e. The van der Waals surface area contributed by atoms with Crippen LogP contribution in [0.4, 0.5) is 5.69 Å². The van der Waals surface area contributed by atoms with Crippen molar-refractivity contribution in [1.82, 2.24) is 4.90 Å². The normalized spacial score (nSPS) is 19.2. The van der Waals surface area contributed by atoms with Gasteiger partial charge in [-0.15, -0.1) is 0 Å². The lowest BCUT2D eigenvalue weighted by atomic mass is 9.91. The zero-order valence-corrected chi connectivity index (χ0v) is 21.5. The molecule has 0 heterocycles. The van der Waals surface area contributed by atoms with Crippen molar-refractivity contribution in [2.45, 2.75) is 63.8 Å². The fraction of sp³-hybridized carbons (Fsp3) is 0.481. The molecule has 0 aliphatic heterocycles. The first-order valence-corrected chi connectivity index (χ1v) is 14.3. The highest BCUT2D eigenvalue weighted by molar-refractivity contribution is 7.92. The van der Waals surface area contributed by atoms with Crippen molar-refractivity contribution in [3.8, 4) is 0 Å². The fourth-order valence-electron chi connectivity index (χ4n) is 4.72. The summed E-state index contributed by atoms with van der Waals surface area (Å²) >= 11 is 0. The van der Waals surface area contributed by atoms with E-state index >= 15 is 0 Å². The summed E-state index contributed by atoms with van der Waals surface area (Å²) in [4.78, 5) is 28.1. The number of unbranched alkanes of at least 4 members (excludes halogenated alkanes) is 5. The summed E-state index contributed by atoms with van der Waals surface area (Å²) in [6.07, 6.45) is 8.22. The van der Waals surface area contributed by atoms with E-state index in [-0.39, 0.29) is 5.91 Å². The molecule has 2 unspecified atom stereocenters. The van der Waals surface area contributed by atoms with Crippen molar-refractivity contribution in [2.24, 2.45) is 11.7 Å². The van der Waals surface area contributed by atoms with Gasteiger partial charge in [0, 0.05) is 18.8 Å². The molecule has 2 amide bonds. The van der Waals surface area contributed by atoms with Crippen LogP contribution in [0.3, 0.4) is 0 Å². The molecular weight excluding hydrogens is 462 g/mol. The Morgan fingerprint density at radius 1 is 1.00 bits per heavy atom. The van der Waals surface area contributed by atoms with Crippen LogP contribution in [-0.2, 0) is 31.6 Å². The lowest BCUT2D eigenvalue weighted by Crippen LogP contribution is -2.38. The zero-order chi connectivity index (χ0) is 25.5. The number of benzene rings is 2. The van der Waals surface area contributed by atoms with E-state index in [0.29, 0.717) is 30.8 Å². The van der Waals surface area contributed by atoms with E-state index in [1.54, 1.807) is 24.3 Å². The molecule has 2 aromatic rings. The lowest BCUT2D eigenvalue weighted by Gasteiger charge is -2.25. The van der Waals surface area contributed by atoms with Crippen LogP contribution in [0, 0.1) is 5.92 Å². The van der Waals surface area contributed by atoms with Gasteiger partial charge in [-0.2, -0.15) is 0 Å². The van der Waals surface area contributed by atoms with Gasteiger partial charge in [-0.25, -0.2) is 8.42 Å². The minimum atomic E-state index is -3.41. The predicted molar refractivity (Wildman–Crippen MR) is 139 cm³/mol. The Morgan fingerprint density at radius 3 is 2.23 bits per heavy atom. The molecule has 2 aromatic carbocycles. The topological polar surface area (TPSA) is 110 Å². The molecule has 3 rings (SSSR count). The Balaban J connectivity index is 1.74. The van der Waals surface area contributed by atoms with Crippen LogP contribution in [0.1, 0.15) is 63.0 Å². The van der Waals surface area contributed by atoms with Crippen molar-refractivity contribution in [2.75, 3.05) is 17.5 Å². The van der Waals surface area contributed by atoms with Gasteiger partial charge in [0.05, 0.1) is 17.6 Å². The molecule has 3 N–H and O–H groups in total. The standard InChI is InChI=1S/C27H37N3O4S/c1-3-4-5-6-7-11-18-30(20-21-12-9-8-10-13-21)25(31)24-19-27(24,26(28)32)22-14-16-23(17-15-22)29-35(2,33)34/h8-10,12-17,24,29H,3-7,11,18-20H2,1-2H3,(H2,28,32). The van der Waals surface area contributed by atoms with Gasteiger partial charge in [-0.3, -0.25) is 14.3 Å². The Morgan fingerprint density at radius 2 is 1.63 bits per heavy atom. The second-order valence-corrected chi connectivity index (χ2v) is 11.3. The maximum atomic E-state index is 13.7.